The first kappa shape index (κ1) is 17.1. The van der Waals surface area contributed by atoms with E-state index in [1.54, 1.807) is 38.5 Å². The van der Waals surface area contributed by atoms with Crippen molar-refractivity contribution < 1.29 is 14.3 Å². The molecule has 6 heteroatoms. The molecular weight excluding hydrogens is 316 g/mol. The molecule has 0 saturated heterocycles. The van der Waals surface area contributed by atoms with Gasteiger partial charge in [-0.3, -0.25) is 0 Å². The van der Waals surface area contributed by atoms with Gasteiger partial charge >= 0.3 is 6.03 Å². The topological polar surface area (TPSA) is 59.6 Å². The number of methoxy groups -OCH3 is 2. The third kappa shape index (κ3) is 4.61. The van der Waals surface area contributed by atoms with E-state index in [2.05, 4.69) is 10.6 Å². The molecule has 5 nitrogen and oxygen atoms in total. The minimum atomic E-state index is -0.352. The maximum Gasteiger partial charge on any atom is 0.319 e. The zero-order valence-corrected chi connectivity index (χ0v) is 13.8. The van der Waals surface area contributed by atoms with Crippen LogP contribution in [0.15, 0.2) is 48.5 Å². The number of rotatable bonds is 6. The number of anilines is 1. The zero-order chi connectivity index (χ0) is 16.7. The third-order valence-electron chi connectivity index (χ3n) is 3.34. The number of ether oxygens (including phenoxy) is 2. The van der Waals surface area contributed by atoms with Crippen LogP contribution in [0.5, 0.6) is 5.75 Å². The number of halogens is 1. The molecule has 2 rings (SSSR count). The quantitative estimate of drug-likeness (QED) is 0.843. The molecule has 0 saturated carbocycles. The van der Waals surface area contributed by atoms with E-state index in [1.807, 2.05) is 24.3 Å². The Morgan fingerprint density at radius 2 is 1.83 bits per heavy atom. The van der Waals surface area contributed by atoms with Crippen molar-refractivity contribution in [2.45, 2.75) is 6.10 Å². The Morgan fingerprint density at radius 1 is 1.13 bits per heavy atom. The van der Waals surface area contributed by atoms with Crippen LogP contribution < -0.4 is 15.4 Å². The van der Waals surface area contributed by atoms with Crippen LogP contribution in [0.3, 0.4) is 0 Å². The third-order valence-corrected chi connectivity index (χ3v) is 3.67. The van der Waals surface area contributed by atoms with Crippen molar-refractivity contribution in [2.75, 3.05) is 26.1 Å². The fourth-order valence-corrected chi connectivity index (χ4v) is 2.35. The zero-order valence-electron chi connectivity index (χ0n) is 13.0. The monoisotopic (exact) mass is 334 g/mol. The molecule has 0 aromatic heterocycles. The van der Waals surface area contributed by atoms with Crippen molar-refractivity contribution >= 4 is 23.3 Å². The van der Waals surface area contributed by atoms with E-state index in [-0.39, 0.29) is 12.1 Å². The van der Waals surface area contributed by atoms with E-state index in [1.165, 1.54) is 0 Å². The molecule has 0 aliphatic rings. The summed E-state index contributed by atoms with van der Waals surface area (Å²) < 4.78 is 10.8. The van der Waals surface area contributed by atoms with Crippen LogP contribution in [0.1, 0.15) is 11.7 Å². The Bertz CT molecular complexity index is 664. The lowest BCUT2D eigenvalue weighted by Crippen LogP contribution is -2.33. The number of hydrogen-bond acceptors (Lipinski definition) is 3. The summed E-state index contributed by atoms with van der Waals surface area (Å²) in [4.78, 5) is 12.0. The minimum absolute atomic E-state index is 0.299. The van der Waals surface area contributed by atoms with Crippen LogP contribution in [-0.2, 0) is 4.74 Å². The van der Waals surface area contributed by atoms with Crippen LogP contribution in [0.2, 0.25) is 5.02 Å². The highest BCUT2D eigenvalue weighted by Gasteiger charge is 2.16. The summed E-state index contributed by atoms with van der Waals surface area (Å²) in [5, 5.41) is 5.95. The lowest BCUT2D eigenvalue weighted by Gasteiger charge is -2.19. The van der Waals surface area contributed by atoms with Crippen molar-refractivity contribution in [3.8, 4) is 5.75 Å². The van der Waals surface area contributed by atoms with Crippen molar-refractivity contribution in [3.05, 3.63) is 59.1 Å². The normalized spacial score (nSPS) is 11.6. The van der Waals surface area contributed by atoms with Gasteiger partial charge in [-0.1, -0.05) is 41.9 Å². The number of para-hydroxylation sites is 2. The van der Waals surface area contributed by atoms with Gasteiger partial charge in [0.25, 0.3) is 0 Å². The predicted octanol–water partition coefficient (Wildman–Crippen LogP) is 3.86. The molecule has 23 heavy (non-hydrogen) atoms. The maximum atomic E-state index is 12.0. The highest BCUT2D eigenvalue weighted by Crippen LogP contribution is 2.26. The summed E-state index contributed by atoms with van der Waals surface area (Å²) in [7, 11) is 3.19. The number of benzene rings is 2. The number of hydrogen-bond donors (Lipinski definition) is 2. The van der Waals surface area contributed by atoms with Crippen LogP contribution >= 0.6 is 11.6 Å². The largest absolute Gasteiger partial charge is 0.496 e. The summed E-state index contributed by atoms with van der Waals surface area (Å²) in [6.45, 7) is 0.299. The average molecular weight is 335 g/mol. The molecular formula is C17H19ClN2O3. The van der Waals surface area contributed by atoms with E-state index < -0.39 is 0 Å². The summed E-state index contributed by atoms with van der Waals surface area (Å²) in [5.74, 6) is 0.715. The summed E-state index contributed by atoms with van der Waals surface area (Å²) in [6, 6.07) is 14.2. The standard InChI is InChI=1S/C17H19ClN2O3/c1-22-15-10-6-3-7-12(15)16(23-2)11-19-17(21)20-14-9-5-4-8-13(14)18/h3-10,16H,11H2,1-2H3,(H2,19,20,21). The van der Waals surface area contributed by atoms with Crippen molar-refractivity contribution in [2.24, 2.45) is 0 Å². The van der Waals surface area contributed by atoms with Gasteiger partial charge in [0.05, 0.1) is 17.8 Å². The first-order valence-corrected chi connectivity index (χ1v) is 7.48. The molecule has 0 radical (unpaired) electrons. The number of nitrogens with one attached hydrogen (secondary N) is 2. The Morgan fingerprint density at radius 3 is 2.52 bits per heavy atom. The fraction of sp³-hybridized carbons (Fsp3) is 0.235. The van der Waals surface area contributed by atoms with Gasteiger partial charge in [-0.05, 0) is 18.2 Å². The van der Waals surface area contributed by atoms with Crippen LogP contribution in [-0.4, -0.2) is 26.8 Å². The lowest BCUT2D eigenvalue weighted by molar-refractivity contribution is 0.102. The molecule has 0 fully saturated rings. The summed E-state index contributed by atoms with van der Waals surface area (Å²) >= 11 is 6.01. The molecule has 122 valence electrons. The summed E-state index contributed by atoms with van der Waals surface area (Å²) in [6.07, 6.45) is -0.317. The molecule has 2 N–H and O–H groups in total. The number of carbonyl (C=O) groups excluding carboxylic acids is 1. The Hall–Kier alpha value is -2.24. The van der Waals surface area contributed by atoms with Gasteiger partial charge in [0.2, 0.25) is 0 Å². The second kappa shape index (κ2) is 8.41. The number of amides is 2. The minimum Gasteiger partial charge on any atom is -0.496 e. The predicted molar refractivity (Wildman–Crippen MR) is 91.2 cm³/mol. The molecule has 2 amide bonds. The number of urea groups is 1. The van der Waals surface area contributed by atoms with Crippen molar-refractivity contribution in [1.82, 2.24) is 5.32 Å². The SMILES string of the molecule is COc1ccccc1C(CNC(=O)Nc1ccccc1Cl)OC. The first-order chi connectivity index (χ1) is 11.2. The fourth-order valence-electron chi connectivity index (χ4n) is 2.17. The molecule has 2 aromatic rings. The Labute approximate surface area is 140 Å². The van der Waals surface area contributed by atoms with E-state index in [0.29, 0.717) is 23.0 Å². The molecule has 1 atom stereocenters. The van der Waals surface area contributed by atoms with Crippen molar-refractivity contribution in [3.63, 3.8) is 0 Å². The Kier molecular flexibility index (Phi) is 6.26. The van der Waals surface area contributed by atoms with Crippen LogP contribution in [0.25, 0.3) is 0 Å². The van der Waals surface area contributed by atoms with Crippen LogP contribution in [0.4, 0.5) is 10.5 Å². The van der Waals surface area contributed by atoms with Gasteiger partial charge in [-0.25, -0.2) is 4.79 Å². The number of carbonyl (C=O) groups is 1. The second-order valence-corrected chi connectivity index (χ2v) is 5.19. The molecule has 0 aliphatic carbocycles. The van der Waals surface area contributed by atoms with Gasteiger partial charge in [0.1, 0.15) is 11.9 Å². The van der Waals surface area contributed by atoms with E-state index >= 15 is 0 Å². The molecule has 1 unspecified atom stereocenters. The van der Waals surface area contributed by atoms with Gasteiger partial charge in [0, 0.05) is 19.2 Å². The second-order valence-electron chi connectivity index (χ2n) is 4.78. The molecule has 0 bridgehead atoms. The highest BCUT2D eigenvalue weighted by molar-refractivity contribution is 6.33. The smallest absolute Gasteiger partial charge is 0.319 e. The van der Waals surface area contributed by atoms with Crippen LogP contribution in [0, 0.1) is 0 Å². The van der Waals surface area contributed by atoms with Gasteiger partial charge in [0.15, 0.2) is 0 Å². The van der Waals surface area contributed by atoms with Gasteiger partial charge in [-0.15, -0.1) is 0 Å². The lowest BCUT2D eigenvalue weighted by atomic mass is 10.1. The maximum absolute atomic E-state index is 12.0. The molecule has 0 aliphatic heterocycles. The summed E-state index contributed by atoms with van der Waals surface area (Å²) in [5.41, 5.74) is 1.42. The van der Waals surface area contributed by atoms with Gasteiger partial charge < -0.3 is 20.1 Å². The van der Waals surface area contributed by atoms with E-state index in [4.69, 9.17) is 21.1 Å². The van der Waals surface area contributed by atoms with Crippen molar-refractivity contribution in [1.29, 1.82) is 0 Å². The van der Waals surface area contributed by atoms with E-state index in [9.17, 15) is 4.79 Å². The van der Waals surface area contributed by atoms with Gasteiger partial charge in [-0.2, -0.15) is 0 Å². The van der Waals surface area contributed by atoms with E-state index in [0.717, 1.165) is 5.56 Å². The highest BCUT2D eigenvalue weighted by atomic mass is 35.5. The molecule has 2 aromatic carbocycles. The average Bonchev–Trinajstić information content (AvgIpc) is 2.58. The first-order valence-electron chi connectivity index (χ1n) is 7.10. The molecule has 0 heterocycles. The Balaban J connectivity index is 1.98. The molecule has 0 spiro atoms.